The number of rotatable bonds is 4. The fraction of sp³-hybridized carbons (Fsp3) is 0.550. The van der Waals surface area contributed by atoms with Gasteiger partial charge in [-0.2, -0.15) is 27.2 Å². The summed E-state index contributed by atoms with van der Waals surface area (Å²) in [6.07, 6.45) is -3.52. The Hall–Kier alpha value is -2.97. The molecule has 6 nitrogen and oxygen atoms in total. The minimum Gasteiger partial charge on any atom is -0.441 e. The number of aromatic nitrogens is 2. The van der Waals surface area contributed by atoms with Gasteiger partial charge in [-0.15, -0.1) is 0 Å². The summed E-state index contributed by atoms with van der Waals surface area (Å²) >= 11 is 0. The van der Waals surface area contributed by atoms with Crippen LogP contribution in [0.25, 0.3) is 11.0 Å². The zero-order valence-corrected chi connectivity index (χ0v) is 16.6. The molecule has 1 aliphatic heterocycles. The van der Waals surface area contributed by atoms with Gasteiger partial charge in [0.1, 0.15) is 17.5 Å². The number of nitriles is 1. The van der Waals surface area contributed by atoms with E-state index in [1.54, 1.807) is 10.6 Å². The Kier molecular flexibility index (Phi) is 5.26. The van der Waals surface area contributed by atoms with Crippen molar-refractivity contribution in [2.45, 2.75) is 49.9 Å². The van der Waals surface area contributed by atoms with Gasteiger partial charge in [0.25, 0.3) is 0 Å². The summed E-state index contributed by atoms with van der Waals surface area (Å²) in [5.41, 5.74) is -0.371. The molecule has 2 unspecified atom stereocenters. The van der Waals surface area contributed by atoms with Gasteiger partial charge in [-0.3, -0.25) is 4.90 Å². The Bertz CT molecular complexity index is 1090. The number of alkyl halides is 5. The van der Waals surface area contributed by atoms with Crippen molar-refractivity contribution in [2.75, 3.05) is 13.1 Å². The molecule has 2 aromatic rings. The lowest BCUT2D eigenvalue weighted by molar-refractivity contribution is -0.284. The molecular weight excluding hydrogens is 442 g/mol. The number of carbonyl (C=O) groups is 1. The molecule has 1 aliphatic carbocycles. The monoisotopic (exact) mass is 460 g/mol. The third kappa shape index (κ3) is 3.96. The average molecular weight is 460 g/mol. The van der Waals surface area contributed by atoms with E-state index in [1.807, 2.05) is 0 Å². The van der Waals surface area contributed by atoms with Crippen LogP contribution in [0.5, 0.6) is 0 Å². The number of benzene rings is 1. The van der Waals surface area contributed by atoms with Crippen LogP contribution < -0.4 is 0 Å². The SMILES string of the molecule is N#Cc1cc2c(cc1F)ncn2CC1CCCC2(C1)CN(CC(F)(F)C(F)(F)F)C(=O)O2. The van der Waals surface area contributed by atoms with E-state index in [0.29, 0.717) is 41.7 Å². The van der Waals surface area contributed by atoms with E-state index in [1.165, 1.54) is 12.4 Å². The highest BCUT2D eigenvalue weighted by molar-refractivity contribution is 5.77. The van der Waals surface area contributed by atoms with E-state index in [9.17, 15) is 31.1 Å². The highest BCUT2D eigenvalue weighted by atomic mass is 19.4. The van der Waals surface area contributed by atoms with E-state index in [-0.39, 0.29) is 24.4 Å². The van der Waals surface area contributed by atoms with Gasteiger partial charge in [-0.25, -0.2) is 14.2 Å². The molecule has 2 fully saturated rings. The van der Waals surface area contributed by atoms with Gasteiger partial charge >= 0.3 is 18.2 Å². The van der Waals surface area contributed by atoms with Gasteiger partial charge in [0.05, 0.1) is 36.0 Å². The van der Waals surface area contributed by atoms with Crippen LogP contribution in [-0.4, -0.2) is 51.3 Å². The molecule has 2 aliphatic rings. The van der Waals surface area contributed by atoms with Crippen LogP contribution in [0.15, 0.2) is 18.5 Å². The van der Waals surface area contributed by atoms with Gasteiger partial charge in [0, 0.05) is 12.6 Å². The van der Waals surface area contributed by atoms with Crippen LogP contribution in [0.1, 0.15) is 31.2 Å². The number of hydrogen-bond acceptors (Lipinski definition) is 4. The lowest BCUT2D eigenvalue weighted by Crippen LogP contribution is -2.48. The zero-order chi connectivity index (χ0) is 23.3. The molecule has 0 radical (unpaired) electrons. The molecule has 2 heterocycles. The van der Waals surface area contributed by atoms with Crippen molar-refractivity contribution in [3.63, 3.8) is 0 Å². The van der Waals surface area contributed by atoms with Crippen molar-refractivity contribution in [1.82, 2.24) is 14.5 Å². The number of carbonyl (C=O) groups excluding carboxylic acids is 1. The number of fused-ring (bicyclic) bond motifs is 1. The number of hydrogen-bond donors (Lipinski definition) is 0. The Morgan fingerprint density at radius 2 is 2.03 bits per heavy atom. The first kappa shape index (κ1) is 22.2. The predicted octanol–water partition coefficient (Wildman–Crippen LogP) is 4.63. The smallest absolute Gasteiger partial charge is 0.441 e. The molecule has 2 atom stereocenters. The third-order valence-electron chi connectivity index (χ3n) is 6.04. The highest BCUT2D eigenvalue weighted by Crippen LogP contribution is 2.43. The van der Waals surface area contributed by atoms with Crippen LogP contribution >= 0.6 is 0 Å². The molecule has 1 saturated carbocycles. The van der Waals surface area contributed by atoms with Crippen LogP contribution in [0.3, 0.4) is 0 Å². The minimum atomic E-state index is -5.76. The number of nitrogens with zero attached hydrogens (tertiary/aromatic N) is 4. The standard InChI is InChI=1S/C20H18F6N4O2/c21-14-5-15-16(4-13(14)7-27)29(11-28-15)8-12-2-1-3-18(6-12)9-30(17(31)32-18)10-19(22,23)20(24,25)26/h4-5,11-12H,1-3,6,8-10H2. The van der Waals surface area contributed by atoms with Crippen LogP contribution in [-0.2, 0) is 11.3 Å². The van der Waals surface area contributed by atoms with E-state index < -0.39 is 36.2 Å². The van der Waals surface area contributed by atoms with Crippen molar-refractivity contribution in [2.24, 2.45) is 5.92 Å². The normalized spacial score (nSPS) is 24.2. The maximum absolute atomic E-state index is 13.8. The highest BCUT2D eigenvalue weighted by Gasteiger charge is 2.60. The largest absolute Gasteiger partial charge is 0.455 e. The third-order valence-corrected chi connectivity index (χ3v) is 6.04. The number of halogens is 6. The van der Waals surface area contributed by atoms with Crippen LogP contribution in [0.2, 0.25) is 0 Å². The first-order valence-electron chi connectivity index (χ1n) is 9.90. The Labute approximate surface area is 178 Å². The summed E-state index contributed by atoms with van der Waals surface area (Å²) in [6.45, 7) is -1.75. The molecule has 0 N–H and O–H groups in total. The maximum Gasteiger partial charge on any atom is 0.455 e. The molecule has 0 bridgehead atoms. The van der Waals surface area contributed by atoms with E-state index in [0.717, 1.165) is 6.07 Å². The number of amides is 1. The number of imidazole rings is 1. The molecule has 172 valence electrons. The van der Waals surface area contributed by atoms with Crippen molar-refractivity contribution in [1.29, 1.82) is 5.26 Å². The lowest BCUT2D eigenvalue weighted by Gasteiger charge is -2.36. The van der Waals surface area contributed by atoms with Gasteiger partial charge in [0.2, 0.25) is 0 Å². The molecular formula is C20H18F6N4O2. The molecule has 4 rings (SSSR count). The molecule has 1 saturated heterocycles. The zero-order valence-electron chi connectivity index (χ0n) is 16.6. The van der Waals surface area contributed by atoms with E-state index in [4.69, 9.17) is 10.00 Å². The topological polar surface area (TPSA) is 71.2 Å². The quantitative estimate of drug-likeness (QED) is 0.624. The molecule has 12 heteroatoms. The summed E-state index contributed by atoms with van der Waals surface area (Å²) in [5.74, 6) is -5.81. The maximum atomic E-state index is 13.8. The Morgan fingerprint density at radius 1 is 1.28 bits per heavy atom. The second-order valence-electron chi connectivity index (χ2n) is 8.40. The summed E-state index contributed by atoms with van der Waals surface area (Å²) in [4.78, 5) is 16.6. The summed E-state index contributed by atoms with van der Waals surface area (Å²) < 4.78 is 85.4. The summed E-state index contributed by atoms with van der Waals surface area (Å²) in [5, 5.41) is 9.05. The second kappa shape index (κ2) is 7.56. The van der Waals surface area contributed by atoms with Gasteiger partial charge in [0.15, 0.2) is 0 Å². The molecule has 1 aromatic carbocycles. The molecule has 1 aromatic heterocycles. The first-order valence-corrected chi connectivity index (χ1v) is 9.90. The second-order valence-corrected chi connectivity index (χ2v) is 8.40. The molecule has 1 amide bonds. The van der Waals surface area contributed by atoms with E-state index in [2.05, 4.69) is 4.98 Å². The Balaban J connectivity index is 1.49. The van der Waals surface area contributed by atoms with Crippen LogP contribution in [0.4, 0.5) is 31.1 Å². The minimum absolute atomic E-state index is 0.0902. The first-order chi connectivity index (χ1) is 14.9. The Morgan fingerprint density at radius 3 is 2.72 bits per heavy atom. The summed E-state index contributed by atoms with van der Waals surface area (Å²) in [7, 11) is 0. The lowest BCUT2D eigenvalue weighted by atomic mass is 9.78. The van der Waals surface area contributed by atoms with Gasteiger partial charge in [-0.05, 0) is 37.7 Å². The van der Waals surface area contributed by atoms with Crippen molar-refractivity contribution in [3.05, 3.63) is 29.8 Å². The average Bonchev–Trinajstić information content (AvgIpc) is 3.20. The molecule has 1 spiro atoms. The van der Waals surface area contributed by atoms with Crippen molar-refractivity contribution >= 4 is 17.1 Å². The fourth-order valence-electron chi connectivity index (χ4n) is 4.57. The van der Waals surface area contributed by atoms with Gasteiger partial charge in [-0.1, -0.05) is 0 Å². The molecule has 32 heavy (non-hydrogen) atoms. The fourth-order valence-corrected chi connectivity index (χ4v) is 4.57. The van der Waals surface area contributed by atoms with Crippen molar-refractivity contribution in [3.8, 4) is 6.07 Å². The van der Waals surface area contributed by atoms with Crippen molar-refractivity contribution < 1.29 is 35.9 Å². The predicted molar refractivity (Wildman–Crippen MR) is 98.2 cm³/mol. The van der Waals surface area contributed by atoms with Gasteiger partial charge < -0.3 is 9.30 Å². The van der Waals surface area contributed by atoms with E-state index >= 15 is 0 Å². The summed E-state index contributed by atoms with van der Waals surface area (Å²) in [6, 6.07) is 4.30. The number of ether oxygens (including phenoxy) is 1. The van der Waals surface area contributed by atoms with Crippen LogP contribution in [0, 0.1) is 23.1 Å².